The van der Waals surface area contributed by atoms with Crippen LogP contribution in [0.15, 0.2) is 30.1 Å². The summed E-state index contributed by atoms with van der Waals surface area (Å²) < 4.78 is 56.8. The highest BCUT2D eigenvalue weighted by Gasteiger charge is 2.35. The molecule has 1 amide bonds. The first-order valence-corrected chi connectivity index (χ1v) is 6.82. The lowest BCUT2D eigenvalue weighted by Crippen LogP contribution is -2.31. The molecule has 4 nitrogen and oxygen atoms in total. The van der Waals surface area contributed by atoms with Gasteiger partial charge in [0.1, 0.15) is 12.4 Å². The van der Waals surface area contributed by atoms with Crippen LogP contribution in [0, 0.1) is 0 Å². The highest BCUT2D eigenvalue weighted by molar-refractivity contribution is 5.96. The number of amides is 1. The van der Waals surface area contributed by atoms with E-state index in [9.17, 15) is 22.4 Å². The first kappa shape index (κ1) is 19.0. The van der Waals surface area contributed by atoms with Crippen LogP contribution in [0.2, 0.25) is 0 Å². The summed E-state index contributed by atoms with van der Waals surface area (Å²) in [6.07, 6.45) is -4.48. The van der Waals surface area contributed by atoms with Crippen LogP contribution < -0.4 is 15.8 Å². The minimum atomic E-state index is -4.73. The minimum absolute atomic E-state index is 0.0974. The summed E-state index contributed by atoms with van der Waals surface area (Å²) >= 11 is 0. The maximum absolute atomic E-state index is 13.1. The van der Waals surface area contributed by atoms with E-state index in [1.807, 2.05) is 0 Å². The monoisotopic (exact) mass is 334 g/mol. The van der Waals surface area contributed by atoms with Crippen LogP contribution in [0.1, 0.15) is 29.8 Å². The third-order valence-electron chi connectivity index (χ3n) is 2.80. The number of rotatable bonds is 6. The van der Waals surface area contributed by atoms with Crippen LogP contribution >= 0.6 is 0 Å². The molecule has 1 aromatic carbocycles. The van der Waals surface area contributed by atoms with Crippen molar-refractivity contribution < 1.29 is 27.1 Å². The SMILES string of the molecule is CC(C)NC(=O)c1ccc(OC/C(=C/F)CN)cc1C(F)(F)F. The fraction of sp³-hybridized carbons (Fsp3) is 0.400. The van der Waals surface area contributed by atoms with Crippen molar-refractivity contribution in [3.63, 3.8) is 0 Å². The summed E-state index contributed by atoms with van der Waals surface area (Å²) in [6.45, 7) is 2.89. The van der Waals surface area contributed by atoms with E-state index in [1.165, 1.54) is 6.07 Å². The predicted molar refractivity (Wildman–Crippen MR) is 77.8 cm³/mol. The molecule has 23 heavy (non-hydrogen) atoms. The first-order valence-electron chi connectivity index (χ1n) is 6.82. The first-order chi connectivity index (χ1) is 10.7. The summed E-state index contributed by atoms with van der Waals surface area (Å²) in [5, 5.41) is 2.40. The minimum Gasteiger partial charge on any atom is -0.489 e. The second-order valence-electron chi connectivity index (χ2n) is 5.09. The topological polar surface area (TPSA) is 64.3 Å². The van der Waals surface area contributed by atoms with Crippen LogP contribution in [-0.4, -0.2) is 25.1 Å². The molecule has 0 unspecified atom stereocenters. The van der Waals surface area contributed by atoms with Crippen molar-refractivity contribution in [3.05, 3.63) is 41.2 Å². The molecule has 0 saturated heterocycles. The summed E-state index contributed by atoms with van der Waals surface area (Å²) in [7, 11) is 0. The Bertz CT molecular complexity index is 583. The van der Waals surface area contributed by atoms with Crippen LogP contribution in [0.4, 0.5) is 17.6 Å². The van der Waals surface area contributed by atoms with Gasteiger partial charge in [0, 0.05) is 18.2 Å². The van der Waals surface area contributed by atoms with E-state index < -0.39 is 23.2 Å². The van der Waals surface area contributed by atoms with Crippen LogP contribution in [0.5, 0.6) is 5.75 Å². The van der Waals surface area contributed by atoms with Gasteiger partial charge in [0.15, 0.2) is 0 Å². The summed E-state index contributed by atoms with van der Waals surface area (Å²) in [5.74, 6) is -0.962. The molecule has 0 bridgehead atoms. The van der Waals surface area contributed by atoms with Gasteiger partial charge in [-0.05, 0) is 32.0 Å². The Morgan fingerprint density at radius 2 is 2.04 bits per heavy atom. The van der Waals surface area contributed by atoms with Crippen LogP contribution in [0.3, 0.4) is 0 Å². The number of hydrogen-bond acceptors (Lipinski definition) is 3. The molecule has 3 N–H and O–H groups in total. The normalized spacial score (nSPS) is 12.4. The molecule has 128 valence electrons. The number of hydrogen-bond donors (Lipinski definition) is 2. The maximum atomic E-state index is 13.1. The lowest BCUT2D eigenvalue weighted by Gasteiger charge is -2.16. The van der Waals surface area contributed by atoms with E-state index in [2.05, 4.69) is 5.32 Å². The average molecular weight is 334 g/mol. The molecule has 1 rings (SSSR count). The smallest absolute Gasteiger partial charge is 0.417 e. The Morgan fingerprint density at radius 3 is 2.52 bits per heavy atom. The summed E-state index contributed by atoms with van der Waals surface area (Å²) in [4.78, 5) is 11.9. The third-order valence-corrected chi connectivity index (χ3v) is 2.80. The van der Waals surface area contributed by atoms with E-state index in [1.54, 1.807) is 13.8 Å². The molecular formula is C15H18F4N2O2. The molecule has 0 heterocycles. The molecule has 0 aromatic heterocycles. The van der Waals surface area contributed by atoms with E-state index in [-0.39, 0.29) is 36.8 Å². The number of ether oxygens (including phenoxy) is 1. The van der Waals surface area contributed by atoms with Gasteiger partial charge in [0.25, 0.3) is 5.91 Å². The van der Waals surface area contributed by atoms with Crippen molar-refractivity contribution in [3.8, 4) is 5.75 Å². The van der Waals surface area contributed by atoms with Gasteiger partial charge in [0.05, 0.1) is 17.5 Å². The quantitative estimate of drug-likeness (QED) is 0.786. The summed E-state index contributed by atoms with van der Waals surface area (Å²) in [5.41, 5.74) is 3.71. The molecule has 0 aliphatic rings. The Morgan fingerprint density at radius 1 is 1.39 bits per heavy atom. The van der Waals surface area contributed by atoms with Crippen molar-refractivity contribution in [2.75, 3.05) is 13.2 Å². The second kappa shape index (κ2) is 7.96. The largest absolute Gasteiger partial charge is 0.489 e. The van der Waals surface area contributed by atoms with Crippen molar-refractivity contribution >= 4 is 5.91 Å². The fourth-order valence-corrected chi connectivity index (χ4v) is 1.70. The van der Waals surface area contributed by atoms with Gasteiger partial charge in [-0.15, -0.1) is 0 Å². The van der Waals surface area contributed by atoms with E-state index in [4.69, 9.17) is 10.5 Å². The lowest BCUT2D eigenvalue weighted by atomic mass is 10.1. The Kier molecular flexibility index (Phi) is 6.56. The Balaban J connectivity index is 3.09. The standard InChI is InChI=1S/C15H18F4N2O2/c1-9(2)21-14(22)12-4-3-11(5-13(12)15(17,18)19)23-8-10(6-16)7-20/h3-6,9H,7-8,20H2,1-2H3,(H,21,22)/b10-6+. The Hall–Kier alpha value is -2.09. The van der Waals surface area contributed by atoms with Crippen LogP contribution in [-0.2, 0) is 6.18 Å². The molecule has 0 radical (unpaired) electrons. The zero-order valence-corrected chi connectivity index (χ0v) is 12.7. The van der Waals surface area contributed by atoms with Gasteiger partial charge in [-0.3, -0.25) is 4.79 Å². The number of benzene rings is 1. The zero-order valence-electron chi connectivity index (χ0n) is 12.7. The molecule has 0 fully saturated rings. The molecule has 8 heteroatoms. The van der Waals surface area contributed by atoms with E-state index in [0.717, 1.165) is 6.07 Å². The lowest BCUT2D eigenvalue weighted by molar-refractivity contribution is -0.138. The highest BCUT2D eigenvalue weighted by Crippen LogP contribution is 2.34. The fourth-order valence-electron chi connectivity index (χ4n) is 1.70. The highest BCUT2D eigenvalue weighted by atomic mass is 19.4. The molecule has 0 aliphatic heterocycles. The van der Waals surface area contributed by atoms with Gasteiger partial charge >= 0.3 is 6.18 Å². The van der Waals surface area contributed by atoms with Gasteiger partial charge in [-0.1, -0.05) is 0 Å². The number of nitrogens with two attached hydrogens (primary N) is 1. The van der Waals surface area contributed by atoms with Gasteiger partial charge in [-0.2, -0.15) is 13.2 Å². The van der Waals surface area contributed by atoms with E-state index in [0.29, 0.717) is 6.07 Å². The van der Waals surface area contributed by atoms with E-state index >= 15 is 0 Å². The predicted octanol–water partition coefficient (Wildman–Crippen LogP) is 3.03. The van der Waals surface area contributed by atoms with Crippen molar-refractivity contribution in [2.24, 2.45) is 5.73 Å². The van der Waals surface area contributed by atoms with Crippen molar-refractivity contribution in [2.45, 2.75) is 26.1 Å². The number of carbonyl (C=O) groups excluding carboxylic acids is 1. The van der Waals surface area contributed by atoms with Gasteiger partial charge < -0.3 is 15.8 Å². The average Bonchev–Trinajstić information content (AvgIpc) is 2.46. The molecule has 0 spiro atoms. The Labute approximate surface area is 131 Å². The number of carbonyl (C=O) groups is 1. The molecule has 1 aromatic rings. The molecule has 0 aliphatic carbocycles. The molecular weight excluding hydrogens is 316 g/mol. The number of alkyl halides is 3. The maximum Gasteiger partial charge on any atom is 0.417 e. The van der Waals surface area contributed by atoms with Crippen LogP contribution in [0.25, 0.3) is 0 Å². The zero-order chi connectivity index (χ0) is 17.6. The van der Waals surface area contributed by atoms with Crippen molar-refractivity contribution in [1.29, 1.82) is 0 Å². The van der Waals surface area contributed by atoms with Crippen molar-refractivity contribution in [1.82, 2.24) is 5.32 Å². The number of halogens is 4. The molecule has 0 saturated carbocycles. The second-order valence-corrected chi connectivity index (χ2v) is 5.09. The number of nitrogens with one attached hydrogen (secondary N) is 1. The van der Waals surface area contributed by atoms with Gasteiger partial charge in [0.2, 0.25) is 0 Å². The summed E-state index contributed by atoms with van der Waals surface area (Å²) in [6, 6.07) is 2.65. The third kappa shape index (κ3) is 5.55. The van der Waals surface area contributed by atoms with Gasteiger partial charge in [-0.25, -0.2) is 4.39 Å². The molecule has 0 atom stereocenters.